The van der Waals surface area contributed by atoms with E-state index in [0.29, 0.717) is 11.7 Å². The molecule has 4 aromatic rings. The number of aromatic nitrogens is 6. The number of nitrogens with zero attached hydrogens (tertiary/aromatic N) is 6. The molecule has 27 heavy (non-hydrogen) atoms. The summed E-state index contributed by atoms with van der Waals surface area (Å²) in [6.07, 6.45) is 7.17. The molecule has 0 unspecified atom stereocenters. The Labute approximate surface area is 155 Å². The van der Waals surface area contributed by atoms with E-state index >= 15 is 0 Å². The molecule has 1 aliphatic heterocycles. The number of nitrogens with two attached hydrogens (primary N) is 1. The first-order chi connectivity index (χ1) is 13.3. The summed E-state index contributed by atoms with van der Waals surface area (Å²) in [7, 11) is 0. The predicted molar refractivity (Wildman–Crippen MR) is 104 cm³/mol. The van der Waals surface area contributed by atoms with Crippen LogP contribution in [0.3, 0.4) is 0 Å². The van der Waals surface area contributed by atoms with Crippen LogP contribution in [0.25, 0.3) is 33.3 Å². The van der Waals surface area contributed by atoms with Crippen LogP contribution < -0.4 is 11.1 Å². The molecule has 0 atom stereocenters. The lowest BCUT2D eigenvalue weighted by Gasteiger charge is -2.22. The van der Waals surface area contributed by atoms with Gasteiger partial charge in [0, 0.05) is 24.5 Å². The van der Waals surface area contributed by atoms with Crippen molar-refractivity contribution in [1.29, 1.82) is 0 Å². The third kappa shape index (κ3) is 2.87. The summed E-state index contributed by atoms with van der Waals surface area (Å²) in [6.45, 7) is 2.94. The maximum absolute atomic E-state index is 6.21. The molecule has 1 aromatic carbocycles. The first-order valence-electron chi connectivity index (χ1n) is 9.18. The van der Waals surface area contributed by atoms with Gasteiger partial charge >= 0.3 is 0 Å². The Morgan fingerprint density at radius 2 is 1.85 bits per heavy atom. The first kappa shape index (κ1) is 16.1. The normalized spacial score (nSPS) is 15.6. The molecule has 0 amide bonds. The van der Waals surface area contributed by atoms with Gasteiger partial charge in [0.1, 0.15) is 17.8 Å². The van der Waals surface area contributed by atoms with Gasteiger partial charge in [-0.15, -0.1) is 0 Å². The van der Waals surface area contributed by atoms with Crippen molar-refractivity contribution in [3.63, 3.8) is 0 Å². The van der Waals surface area contributed by atoms with Gasteiger partial charge in [-0.2, -0.15) is 5.10 Å². The molecule has 8 nitrogen and oxygen atoms in total. The lowest BCUT2D eigenvalue weighted by Crippen LogP contribution is -2.30. The first-order valence-corrected chi connectivity index (χ1v) is 9.18. The zero-order valence-corrected chi connectivity index (χ0v) is 14.8. The molecular weight excluding hydrogens is 340 g/mol. The van der Waals surface area contributed by atoms with Crippen LogP contribution in [0.5, 0.6) is 0 Å². The Bertz CT molecular complexity index is 1110. The Balaban J connectivity index is 1.64. The minimum absolute atomic E-state index is 0.450. The number of hydrogen-bond donors (Lipinski definition) is 2. The third-order valence-corrected chi connectivity index (χ3v) is 5.19. The van der Waals surface area contributed by atoms with Crippen molar-refractivity contribution in [3.8, 4) is 11.3 Å². The fourth-order valence-corrected chi connectivity index (χ4v) is 3.78. The van der Waals surface area contributed by atoms with Crippen molar-refractivity contribution in [2.24, 2.45) is 5.92 Å². The highest BCUT2D eigenvalue weighted by Crippen LogP contribution is 2.32. The molecule has 4 heterocycles. The Morgan fingerprint density at radius 1 is 1.04 bits per heavy atom. The summed E-state index contributed by atoms with van der Waals surface area (Å²) in [5.74, 6) is 1.03. The summed E-state index contributed by atoms with van der Waals surface area (Å²) in [6, 6.07) is 5.95. The zero-order chi connectivity index (χ0) is 18.2. The second kappa shape index (κ2) is 6.55. The van der Waals surface area contributed by atoms with Crippen molar-refractivity contribution < 1.29 is 0 Å². The van der Waals surface area contributed by atoms with Crippen molar-refractivity contribution in [1.82, 2.24) is 35.0 Å². The number of fused-ring (bicyclic) bond motifs is 2. The quantitative estimate of drug-likeness (QED) is 0.575. The van der Waals surface area contributed by atoms with Gasteiger partial charge in [-0.25, -0.2) is 14.6 Å². The number of nitrogens with one attached hydrogen (secondary N) is 1. The SMILES string of the molecule is Nc1ncnc2c1c(-c1ccc3nccnc3c1)nn2CC1CCNCC1. The number of anilines is 1. The molecule has 1 fully saturated rings. The van der Waals surface area contributed by atoms with Crippen LogP contribution in [0.4, 0.5) is 5.82 Å². The van der Waals surface area contributed by atoms with Crippen molar-refractivity contribution in [3.05, 3.63) is 36.9 Å². The van der Waals surface area contributed by atoms with E-state index in [-0.39, 0.29) is 0 Å². The molecule has 3 N–H and O–H groups in total. The zero-order valence-electron chi connectivity index (χ0n) is 14.8. The monoisotopic (exact) mass is 360 g/mol. The van der Waals surface area contributed by atoms with Crippen molar-refractivity contribution in [2.75, 3.05) is 18.8 Å². The topological polar surface area (TPSA) is 107 Å². The van der Waals surface area contributed by atoms with E-state index in [9.17, 15) is 0 Å². The van der Waals surface area contributed by atoms with Crippen LogP contribution in [0.15, 0.2) is 36.9 Å². The second-order valence-electron chi connectivity index (χ2n) is 6.94. The predicted octanol–water partition coefficient (Wildman–Crippen LogP) is 2.02. The van der Waals surface area contributed by atoms with Gasteiger partial charge < -0.3 is 11.1 Å². The van der Waals surface area contributed by atoms with Gasteiger partial charge in [-0.05, 0) is 44.0 Å². The summed E-state index contributed by atoms with van der Waals surface area (Å²) in [4.78, 5) is 17.4. The summed E-state index contributed by atoms with van der Waals surface area (Å²) in [5.41, 5.74) is 10.4. The Hall–Kier alpha value is -3.13. The highest BCUT2D eigenvalue weighted by atomic mass is 15.3. The van der Waals surface area contributed by atoms with Crippen molar-refractivity contribution in [2.45, 2.75) is 19.4 Å². The molecule has 1 saturated heterocycles. The maximum atomic E-state index is 6.21. The van der Waals surface area contributed by atoms with Crippen LogP contribution in [-0.4, -0.2) is 42.8 Å². The minimum Gasteiger partial charge on any atom is -0.383 e. The van der Waals surface area contributed by atoms with Crippen LogP contribution in [0, 0.1) is 5.92 Å². The maximum Gasteiger partial charge on any atom is 0.163 e. The highest BCUT2D eigenvalue weighted by molar-refractivity contribution is 5.99. The fraction of sp³-hybridized carbons (Fsp3) is 0.316. The number of nitrogen functional groups attached to an aromatic ring is 1. The van der Waals surface area contributed by atoms with Gasteiger partial charge in [0.05, 0.1) is 16.4 Å². The van der Waals surface area contributed by atoms with E-state index in [1.807, 2.05) is 22.9 Å². The molecule has 0 saturated carbocycles. The molecule has 0 radical (unpaired) electrons. The Morgan fingerprint density at radius 3 is 2.70 bits per heavy atom. The molecule has 0 spiro atoms. The average Bonchev–Trinajstić information content (AvgIpc) is 3.08. The number of hydrogen-bond acceptors (Lipinski definition) is 7. The standard InChI is InChI=1S/C19H20N8/c20-18-16-17(13-1-2-14-15(9-13)23-8-7-22-14)26-27(19(16)25-11-24-18)10-12-3-5-21-6-4-12/h1-2,7-9,11-12,21H,3-6,10H2,(H2,20,24,25). The van der Waals surface area contributed by atoms with E-state index in [2.05, 4.69) is 25.3 Å². The molecule has 0 aliphatic carbocycles. The molecule has 0 bridgehead atoms. The van der Waals surface area contributed by atoms with Gasteiger partial charge in [0.2, 0.25) is 0 Å². The lowest BCUT2D eigenvalue weighted by molar-refractivity contribution is 0.325. The van der Waals surface area contributed by atoms with Crippen molar-refractivity contribution >= 4 is 27.9 Å². The van der Waals surface area contributed by atoms with Gasteiger partial charge in [0.25, 0.3) is 0 Å². The summed E-state index contributed by atoms with van der Waals surface area (Å²) >= 11 is 0. The van der Waals surface area contributed by atoms with Crippen LogP contribution in [0.1, 0.15) is 12.8 Å². The van der Waals surface area contributed by atoms with Crippen LogP contribution in [0.2, 0.25) is 0 Å². The fourth-order valence-electron chi connectivity index (χ4n) is 3.78. The number of rotatable bonds is 3. The smallest absolute Gasteiger partial charge is 0.163 e. The molecule has 136 valence electrons. The van der Waals surface area contributed by atoms with E-state index in [4.69, 9.17) is 10.8 Å². The summed E-state index contributed by atoms with van der Waals surface area (Å²) < 4.78 is 1.99. The minimum atomic E-state index is 0.450. The summed E-state index contributed by atoms with van der Waals surface area (Å²) in [5, 5.41) is 9.09. The largest absolute Gasteiger partial charge is 0.383 e. The van der Waals surface area contributed by atoms with Gasteiger partial charge in [-0.1, -0.05) is 6.07 Å². The van der Waals surface area contributed by atoms with E-state index in [1.54, 1.807) is 12.4 Å². The van der Waals surface area contributed by atoms with E-state index in [0.717, 1.165) is 65.8 Å². The number of piperidine rings is 1. The molecular formula is C19H20N8. The van der Waals surface area contributed by atoms with E-state index < -0.39 is 0 Å². The Kier molecular flexibility index (Phi) is 3.90. The molecule has 3 aromatic heterocycles. The average molecular weight is 360 g/mol. The second-order valence-corrected chi connectivity index (χ2v) is 6.94. The van der Waals surface area contributed by atoms with Gasteiger partial charge in [-0.3, -0.25) is 9.97 Å². The van der Waals surface area contributed by atoms with Gasteiger partial charge in [0.15, 0.2) is 5.65 Å². The highest BCUT2D eigenvalue weighted by Gasteiger charge is 2.21. The molecule has 5 rings (SSSR count). The third-order valence-electron chi connectivity index (χ3n) is 5.19. The van der Waals surface area contributed by atoms with E-state index in [1.165, 1.54) is 6.33 Å². The molecule has 8 heteroatoms. The van der Waals surface area contributed by atoms with Crippen LogP contribution >= 0.6 is 0 Å². The molecule has 1 aliphatic rings. The number of benzene rings is 1. The lowest BCUT2D eigenvalue weighted by atomic mass is 9.98. The van der Waals surface area contributed by atoms with Crippen LogP contribution in [-0.2, 0) is 6.54 Å².